The summed E-state index contributed by atoms with van der Waals surface area (Å²) in [5.41, 5.74) is 4.61. The Morgan fingerprint density at radius 1 is 1.25 bits per heavy atom. The number of carbonyl (C=O) groups excluding carboxylic acids is 1. The average molecular weight is 335 g/mol. The highest BCUT2D eigenvalue weighted by Crippen LogP contribution is 2.14. The van der Waals surface area contributed by atoms with Crippen molar-refractivity contribution in [2.45, 2.75) is 19.8 Å². The lowest BCUT2D eigenvalue weighted by Gasteiger charge is -2.04. The standard InChI is InChI=1S/C15H15BrN2O2/c1-10(2)12-5-3-11(4-6-12)9-17-18-15(19)13-7-8-14(16)20-13/h3-10H,1-2H3,(H,18,19). The topological polar surface area (TPSA) is 54.6 Å². The lowest BCUT2D eigenvalue weighted by atomic mass is 10.0. The van der Waals surface area contributed by atoms with Gasteiger partial charge in [0.25, 0.3) is 0 Å². The highest BCUT2D eigenvalue weighted by atomic mass is 79.9. The molecular weight excluding hydrogens is 320 g/mol. The van der Waals surface area contributed by atoms with Gasteiger partial charge < -0.3 is 4.42 Å². The van der Waals surface area contributed by atoms with Crippen molar-refractivity contribution in [3.05, 3.63) is 58.0 Å². The molecule has 2 aromatic rings. The number of benzene rings is 1. The number of carbonyl (C=O) groups is 1. The number of furan rings is 1. The summed E-state index contributed by atoms with van der Waals surface area (Å²) in [7, 11) is 0. The number of rotatable bonds is 4. The summed E-state index contributed by atoms with van der Waals surface area (Å²) in [5.74, 6) is 0.327. The van der Waals surface area contributed by atoms with E-state index in [9.17, 15) is 4.79 Å². The molecule has 0 bridgehead atoms. The van der Waals surface area contributed by atoms with Crippen molar-refractivity contribution < 1.29 is 9.21 Å². The van der Waals surface area contributed by atoms with Crippen molar-refractivity contribution in [2.75, 3.05) is 0 Å². The minimum Gasteiger partial charge on any atom is -0.444 e. The first-order chi connectivity index (χ1) is 9.56. The summed E-state index contributed by atoms with van der Waals surface area (Å²) < 4.78 is 5.63. The Bertz CT molecular complexity index is 615. The molecule has 1 aromatic carbocycles. The molecule has 2 rings (SSSR count). The fraction of sp³-hybridized carbons (Fsp3) is 0.200. The van der Waals surface area contributed by atoms with Crippen molar-refractivity contribution in [3.8, 4) is 0 Å². The third kappa shape index (κ3) is 3.81. The Hall–Kier alpha value is -1.88. The van der Waals surface area contributed by atoms with Crippen LogP contribution in [0.2, 0.25) is 0 Å². The monoisotopic (exact) mass is 334 g/mol. The minimum absolute atomic E-state index is 0.212. The van der Waals surface area contributed by atoms with E-state index in [0.717, 1.165) is 5.56 Å². The maximum atomic E-state index is 11.7. The lowest BCUT2D eigenvalue weighted by molar-refractivity contribution is 0.0926. The molecule has 20 heavy (non-hydrogen) atoms. The molecule has 1 heterocycles. The van der Waals surface area contributed by atoms with Crippen molar-refractivity contribution in [2.24, 2.45) is 5.10 Å². The predicted octanol–water partition coefficient (Wildman–Crippen LogP) is 3.93. The van der Waals surface area contributed by atoms with Crippen LogP contribution in [0.1, 0.15) is 41.4 Å². The Labute approximate surface area is 126 Å². The maximum Gasteiger partial charge on any atom is 0.307 e. The average Bonchev–Trinajstić information content (AvgIpc) is 2.86. The van der Waals surface area contributed by atoms with Crippen LogP contribution in [0.3, 0.4) is 0 Å². The van der Waals surface area contributed by atoms with E-state index in [0.29, 0.717) is 10.6 Å². The molecule has 0 unspecified atom stereocenters. The molecule has 104 valence electrons. The third-order valence-electron chi connectivity index (χ3n) is 2.78. The van der Waals surface area contributed by atoms with E-state index >= 15 is 0 Å². The van der Waals surface area contributed by atoms with Crippen LogP contribution in [-0.4, -0.2) is 12.1 Å². The molecule has 0 aliphatic carbocycles. The molecule has 1 amide bonds. The van der Waals surface area contributed by atoms with E-state index in [1.807, 2.05) is 12.1 Å². The van der Waals surface area contributed by atoms with Crippen molar-refractivity contribution in [3.63, 3.8) is 0 Å². The van der Waals surface area contributed by atoms with Gasteiger partial charge in [-0.05, 0) is 45.1 Å². The van der Waals surface area contributed by atoms with Gasteiger partial charge in [-0.2, -0.15) is 5.10 Å². The van der Waals surface area contributed by atoms with Crippen molar-refractivity contribution >= 4 is 28.1 Å². The molecule has 0 spiro atoms. The Kier molecular flexibility index (Phi) is 4.74. The van der Waals surface area contributed by atoms with Gasteiger partial charge in [0.2, 0.25) is 0 Å². The zero-order chi connectivity index (χ0) is 14.5. The summed E-state index contributed by atoms with van der Waals surface area (Å²) in [4.78, 5) is 11.7. The molecular formula is C15H15BrN2O2. The fourth-order valence-corrected chi connectivity index (χ4v) is 1.93. The molecule has 0 saturated heterocycles. The first kappa shape index (κ1) is 14.5. The van der Waals surface area contributed by atoms with E-state index in [-0.39, 0.29) is 11.7 Å². The minimum atomic E-state index is -0.384. The molecule has 1 N–H and O–H groups in total. The molecule has 1 aromatic heterocycles. The van der Waals surface area contributed by atoms with E-state index in [1.54, 1.807) is 18.3 Å². The summed E-state index contributed by atoms with van der Waals surface area (Å²) in [5, 5.41) is 3.90. The van der Waals surface area contributed by atoms with E-state index in [1.165, 1.54) is 5.56 Å². The highest BCUT2D eigenvalue weighted by molar-refractivity contribution is 9.10. The lowest BCUT2D eigenvalue weighted by Crippen LogP contribution is -2.16. The largest absolute Gasteiger partial charge is 0.444 e. The number of halogens is 1. The number of nitrogens with one attached hydrogen (secondary N) is 1. The van der Waals surface area contributed by atoms with Crippen LogP contribution < -0.4 is 5.43 Å². The second-order valence-corrected chi connectivity index (χ2v) is 5.41. The summed E-state index contributed by atoms with van der Waals surface area (Å²) in [6.07, 6.45) is 1.60. The Morgan fingerprint density at radius 3 is 2.50 bits per heavy atom. The molecule has 5 heteroatoms. The van der Waals surface area contributed by atoms with Crippen LogP contribution in [0.5, 0.6) is 0 Å². The molecule has 0 saturated carbocycles. The van der Waals surface area contributed by atoms with E-state index in [2.05, 4.69) is 52.4 Å². The normalized spacial score (nSPS) is 11.2. The number of hydrazone groups is 1. The van der Waals surface area contributed by atoms with Gasteiger partial charge in [0.15, 0.2) is 10.4 Å². The number of amides is 1. The van der Waals surface area contributed by atoms with Gasteiger partial charge in [0, 0.05) is 0 Å². The zero-order valence-corrected chi connectivity index (χ0v) is 12.8. The number of nitrogens with zero attached hydrogens (tertiary/aromatic N) is 1. The number of hydrogen-bond acceptors (Lipinski definition) is 3. The zero-order valence-electron chi connectivity index (χ0n) is 11.3. The van der Waals surface area contributed by atoms with Gasteiger partial charge in [-0.1, -0.05) is 38.1 Å². The smallest absolute Gasteiger partial charge is 0.307 e. The summed E-state index contributed by atoms with van der Waals surface area (Å²) >= 11 is 3.14. The Balaban J connectivity index is 1.94. The fourth-order valence-electron chi connectivity index (χ4n) is 1.62. The predicted molar refractivity (Wildman–Crippen MR) is 82.0 cm³/mol. The van der Waals surface area contributed by atoms with Gasteiger partial charge in [-0.25, -0.2) is 5.43 Å². The molecule has 0 radical (unpaired) electrons. The first-order valence-electron chi connectivity index (χ1n) is 6.25. The highest BCUT2D eigenvalue weighted by Gasteiger charge is 2.08. The van der Waals surface area contributed by atoms with Gasteiger partial charge in [-0.3, -0.25) is 4.79 Å². The summed E-state index contributed by atoms with van der Waals surface area (Å²) in [6, 6.07) is 11.3. The van der Waals surface area contributed by atoms with Crippen LogP contribution in [0.4, 0.5) is 0 Å². The van der Waals surface area contributed by atoms with Crippen LogP contribution in [0.15, 0.2) is 50.6 Å². The third-order valence-corrected chi connectivity index (χ3v) is 3.21. The molecule has 0 aliphatic heterocycles. The molecule has 0 fully saturated rings. The van der Waals surface area contributed by atoms with Crippen LogP contribution in [0.25, 0.3) is 0 Å². The second kappa shape index (κ2) is 6.52. The van der Waals surface area contributed by atoms with Crippen LogP contribution in [0, 0.1) is 0 Å². The van der Waals surface area contributed by atoms with Crippen LogP contribution in [-0.2, 0) is 0 Å². The van der Waals surface area contributed by atoms with Gasteiger partial charge in [-0.15, -0.1) is 0 Å². The van der Waals surface area contributed by atoms with Gasteiger partial charge >= 0.3 is 5.91 Å². The molecule has 0 aliphatic rings. The van der Waals surface area contributed by atoms with Crippen molar-refractivity contribution in [1.82, 2.24) is 5.43 Å². The SMILES string of the molecule is CC(C)c1ccc(C=NNC(=O)c2ccc(Br)o2)cc1. The van der Waals surface area contributed by atoms with Gasteiger partial charge in [0.1, 0.15) is 0 Å². The molecule has 0 atom stereocenters. The second-order valence-electron chi connectivity index (χ2n) is 4.62. The van der Waals surface area contributed by atoms with Crippen molar-refractivity contribution in [1.29, 1.82) is 0 Å². The van der Waals surface area contributed by atoms with E-state index < -0.39 is 0 Å². The summed E-state index contributed by atoms with van der Waals surface area (Å²) in [6.45, 7) is 4.29. The first-order valence-corrected chi connectivity index (χ1v) is 7.04. The molecule has 4 nitrogen and oxygen atoms in total. The van der Waals surface area contributed by atoms with Crippen LogP contribution >= 0.6 is 15.9 Å². The quantitative estimate of drug-likeness (QED) is 0.680. The van der Waals surface area contributed by atoms with E-state index in [4.69, 9.17) is 4.42 Å². The Morgan fingerprint density at radius 2 is 1.95 bits per heavy atom. The van der Waals surface area contributed by atoms with Gasteiger partial charge in [0.05, 0.1) is 6.21 Å². The number of hydrogen-bond donors (Lipinski definition) is 1. The maximum absolute atomic E-state index is 11.7.